The highest BCUT2D eigenvalue weighted by atomic mass is 16.4. The van der Waals surface area contributed by atoms with Crippen molar-refractivity contribution in [3.05, 3.63) is 0 Å². The molecule has 18 heavy (non-hydrogen) atoms. The van der Waals surface area contributed by atoms with Crippen molar-refractivity contribution in [2.75, 3.05) is 0 Å². The Morgan fingerprint density at radius 3 is 1.94 bits per heavy atom. The summed E-state index contributed by atoms with van der Waals surface area (Å²) >= 11 is 0. The lowest BCUT2D eigenvalue weighted by molar-refractivity contribution is -0.155. The molecule has 0 heterocycles. The fourth-order valence-corrected chi connectivity index (χ4v) is 3.56. The summed E-state index contributed by atoms with van der Waals surface area (Å²) in [4.78, 5) is 11.9. The highest BCUT2D eigenvalue weighted by Gasteiger charge is 2.44. The Morgan fingerprint density at radius 2 is 1.56 bits per heavy atom. The molecule has 0 aliphatic heterocycles. The molecule has 106 valence electrons. The van der Waals surface area contributed by atoms with Gasteiger partial charge in [0.1, 0.15) is 0 Å². The molecule has 1 saturated carbocycles. The molecule has 1 aliphatic rings. The maximum absolute atomic E-state index is 11.9. The molecule has 1 N–H and O–H groups in total. The van der Waals surface area contributed by atoms with Crippen molar-refractivity contribution in [3.8, 4) is 0 Å². The molecule has 0 atom stereocenters. The van der Waals surface area contributed by atoms with Gasteiger partial charge in [-0.2, -0.15) is 0 Å². The Kier molecular flexibility index (Phi) is 6.73. The van der Waals surface area contributed by atoms with Crippen LogP contribution in [0.5, 0.6) is 0 Å². The second-order valence-corrected chi connectivity index (χ2v) is 6.00. The highest BCUT2D eigenvalue weighted by molar-refractivity contribution is 5.75. The van der Waals surface area contributed by atoms with Gasteiger partial charge in [-0.3, -0.25) is 4.79 Å². The smallest absolute Gasteiger partial charge is 0.309 e. The number of carboxylic acid groups (broad SMARTS) is 1. The van der Waals surface area contributed by atoms with Crippen molar-refractivity contribution in [2.45, 2.75) is 84.5 Å². The van der Waals surface area contributed by atoms with Crippen molar-refractivity contribution in [3.63, 3.8) is 0 Å². The van der Waals surface area contributed by atoms with Crippen LogP contribution < -0.4 is 0 Å². The van der Waals surface area contributed by atoms with E-state index in [2.05, 4.69) is 13.8 Å². The van der Waals surface area contributed by atoms with Crippen LogP contribution in [0.15, 0.2) is 0 Å². The molecule has 0 aromatic heterocycles. The standard InChI is InChI=1S/C16H30O2/c1-3-5-12-16(15(17)18,13-6-4-2)14-10-8-7-9-11-14/h14H,3-13H2,1-2H3,(H,17,18). The highest BCUT2D eigenvalue weighted by Crippen LogP contribution is 2.46. The molecule has 0 unspecified atom stereocenters. The van der Waals surface area contributed by atoms with Crippen LogP contribution in [-0.2, 0) is 4.79 Å². The first kappa shape index (κ1) is 15.5. The van der Waals surface area contributed by atoms with Gasteiger partial charge in [-0.1, -0.05) is 58.8 Å². The number of aliphatic carboxylic acids is 1. The lowest BCUT2D eigenvalue weighted by Gasteiger charge is -2.39. The van der Waals surface area contributed by atoms with Crippen LogP contribution in [0, 0.1) is 11.3 Å². The Balaban J connectivity index is 2.82. The second kappa shape index (κ2) is 7.81. The molecule has 2 heteroatoms. The molecule has 0 aromatic rings. The van der Waals surface area contributed by atoms with Gasteiger partial charge in [0.05, 0.1) is 5.41 Å². The minimum absolute atomic E-state index is 0.410. The number of hydrogen-bond donors (Lipinski definition) is 1. The Hall–Kier alpha value is -0.530. The summed E-state index contributed by atoms with van der Waals surface area (Å²) in [5.41, 5.74) is -0.410. The lowest BCUT2D eigenvalue weighted by atomic mass is 9.64. The van der Waals surface area contributed by atoms with Crippen molar-refractivity contribution in [1.82, 2.24) is 0 Å². The van der Waals surface area contributed by atoms with E-state index in [4.69, 9.17) is 0 Å². The second-order valence-electron chi connectivity index (χ2n) is 6.00. The SMILES string of the molecule is CCCCC(CCCC)(C(=O)O)C1CCCCC1. The predicted octanol–water partition coefficient (Wildman–Crippen LogP) is 5.02. The Bertz CT molecular complexity index is 233. The summed E-state index contributed by atoms with van der Waals surface area (Å²) in [5.74, 6) is -0.0850. The summed E-state index contributed by atoms with van der Waals surface area (Å²) in [5, 5.41) is 9.83. The molecule has 1 fully saturated rings. The van der Waals surface area contributed by atoms with Gasteiger partial charge in [-0.15, -0.1) is 0 Å². The van der Waals surface area contributed by atoms with Crippen molar-refractivity contribution >= 4 is 5.97 Å². The third-order valence-corrected chi connectivity index (χ3v) is 4.77. The number of unbranched alkanes of at least 4 members (excludes halogenated alkanes) is 2. The van der Waals surface area contributed by atoms with E-state index in [9.17, 15) is 9.90 Å². The van der Waals surface area contributed by atoms with Crippen LogP contribution in [0.3, 0.4) is 0 Å². The van der Waals surface area contributed by atoms with Crippen LogP contribution >= 0.6 is 0 Å². The molecule has 1 rings (SSSR count). The third-order valence-electron chi connectivity index (χ3n) is 4.77. The van der Waals surface area contributed by atoms with Crippen LogP contribution in [0.1, 0.15) is 84.5 Å². The molecule has 0 aromatic carbocycles. The molecule has 0 spiro atoms. The molecule has 0 saturated heterocycles. The predicted molar refractivity (Wildman–Crippen MR) is 75.7 cm³/mol. The summed E-state index contributed by atoms with van der Waals surface area (Å²) in [6.07, 6.45) is 12.2. The zero-order chi connectivity index (χ0) is 13.4. The van der Waals surface area contributed by atoms with Gasteiger partial charge in [0.15, 0.2) is 0 Å². The molecule has 2 nitrogen and oxygen atoms in total. The average Bonchev–Trinajstić information content (AvgIpc) is 2.40. The Morgan fingerprint density at radius 1 is 1.06 bits per heavy atom. The Labute approximate surface area is 112 Å². The van der Waals surface area contributed by atoms with Gasteiger partial charge in [0, 0.05) is 0 Å². The van der Waals surface area contributed by atoms with Crippen molar-refractivity contribution in [1.29, 1.82) is 0 Å². The molecule has 1 aliphatic carbocycles. The topological polar surface area (TPSA) is 37.3 Å². The van der Waals surface area contributed by atoms with Crippen LogP contribution in [0.25, 0.3) is 0 Å². The quantitative estimate of drug-likeness (QED) is 0.660. The van der Waals surface area contributed by atoms with E-state index < -0.39 is 11.4 Å². The largest absolute Gasteiger partial charge is 0.481 e. The van der Waals surface area contributed by atoms with E-state index in [0.717, 1.165) is 51.4 Å². The zero-order valence-corrected chi connectivity index (χ0v) is 12.2. The summed E-state index contributed by atoms with van der Waals surface area (Å²) in [7, 11) is 0. The first-order valence-electron chi connectivity index (χ1n) is 7.90. The van der Waals surface area contributed by atoms with Crippen LogP contribution in [0.2, 0.25) is 0 Å². The van der Waals surface area contributed by atoms with E-state index >= 15 is 0 Å². The third kappa shape index (κ3) is 3.73. The summed E-state index contributed by atoms with van der Waals surface area (Å²) in [6.45, 7) is 4.32. The fraction of sp³-hybridized carbons (Fsp3) is 0.938. The van der Waals surface area contributed by atoms with Crippen molar-refractivity contribution < 1.29 is 9.90 Å². The minimum atomic E-state index is -0.517. The molecule has 0 radical (unpaired) electrons. The molecule has 0 bridgehead atoms. The number of carbonyl (C=O) groups is 1. The summed E-state index contributed by atoms with van der Waals surface area (Å²) in [6, 6.07) is 0. The maximum Gasteiger partial charge on any atom is 0.309 e. The van der Waals surface area contributed by atoms with E-state index in [1.54, 1.807) is 0 Å². The van der Waals surface area contributed by atoms with Gasteiger partial charge >= 0.3 is 5.97 Å². The van der Waals surface area contributed by atoms with Gasteiger partial charge in [0.25, 0.3) is 0 Å². The monoisotopic (exact) mass is 254 g/mol. The van der Waals surface area contributed by atoms with E-state index in [1.807, 2.05) is 0 Å². The maximum atomic E-state index is 11.9. The van der Waals surface area contributed by atoms with Gasteiger partial charge in [-0.25, -0.2) is 0 Å². The molecule has 0 amide bonds. The van der Waals surface area contributed by atoms with Gasteiger partial charge < -0.3 is 5.11 Å². The number of carboxylic acids is 1. The van der Waals surface area contributed by atoms with Gasteiger partial charge in [-0.05, 0) is 31.6 Å². The molecular weight excluding hydrogens is 224 g/mol. The van der Waals surface area contributed by atoms with Crippen LogP contribution in [0.4, 0.5) is 0 Å². The zero-order valence-electron chi connectivity index (χ0n) is 12.2. The summed E-state index contributed by atoms with van der Waals surface area (Å²) < 4.78 is 0. The average molecular weight is 254 g/mol. The number of rotatable bonds is 8. The van der Waals surface area contributed by atoms with Gasteiger partial charge in [0.2, 0.25) is 0 Å². The lowest BCUT2D eigenvalue weighted by Crippen LogP contribution is -2.40. The van der Waals surface area contributed by atoms with E-state index in [-0.39, 0.29) is 0 Å². The minimum Gasteiger partial charge on any atom is -0.481 e. The fourth-order valence-electron chi connectivity index (χ4n) is 3.56. The first-order chi connectivity index (χ1) is 8.67. The molecular formula is C16H30O2. The van der Waals surface area contributed by atoms with E-state index in [0.29, 0.717) is 5.92 Å². The first-order valence-corrected chi connectivity index (χ1v) is 7.90. The van der Waals surface area contributed by atoms with E-state index in [1.165, 1.54) is 19.3 Å². The number of hydrogen-bond acceptors (Lipinski definition) is 1. The van der Waals surface area contributed by atoms with Crippen molar-refractivity contribution in [2.24, 2.45) is 11.3 Å². The normalized spacial score (nSPS) is 17.9. The van der Waals surface area contributed by atoms with Crippen LogP contribution in [-0.4, -0.2) is 11.1 Å².